The lowest BCUT2D eigenvalue weighted by Gasteiger charge is -2.17. The molecule has 47 heavy (non-hydrogen) atoms. The molecule has 2 heterocycles. The molecule has 7 aromatic rings. The Morgan fingerprint density at radius 1 is 0.830 bits per heavy atom. The number of hydrogen-bond donors (Lipinski definition) is 1. The van der Waals surface area contributed by atoms with Crippen LogP contribution in [0.4, 0.5) is 0 Å². The summed E-state index contributed by atoms with van der Waals surface area (Å²) in [5.41, 5.74) is 5.13. The zero-order valence-electron chi connectivity index (χ0n) is 25.9. The lowest BCUT2D eigenvalue weighted by Crippen LogP contribution is -2.18. The predicted octanol–water partition coefficient (Wildman–Crippen LogP) is 8.60. The number of carbonyl (C=O) groups is 1. The third-order valence-corrected chi connectivity index (χ3v) is 8.18. The minimum Gasteiger partial charge on any atom is -0.493 e. The molecule has 0 radical (unpaired) electrons. The number of carboxylic acids is 1. The molecule has 7 rings (SSSR count). The van der Waals surface area contributed by atoms with Crippen molar-refractivity contribution in [1.29, 1.82) is 0 Å². The first-order chi connectivity index (χ1) is 23.0. The van der Waals surface area contributed by atoms with E-state index < -0.39 is 12.1 Å². The average Bonchev–Trinajstić information content (AvgIpc) is 3.64. The van der Waals surface area contributed by atoms with Crippen LogP contribution in [0.1, 0.15) is 28.7 Å². The first-order valence-electron chi connectivity index (χ1n) is 15.3. The van der Waals surface area contributed by atoms with Crippen molar-refractivity contribution in [2.24, 2.45) is 0 Å². The molecule has 0 spiro atoms. The van der Waals surface area contributed by atoms with Crippen LogP contribution in [-0.4, -0.2) is 27.7 Å². The fraction of sp³-hybridized carbons (Fsp3) is 0.128. The molecular weight excluding hydrogens is 592 g/mol. The minimum absolute atomic E-state index is 0.230. The third kappa shape index (κ3) is 5.89. The zero-order chi connectivity index (χ0) is 32.3. The van der Waals surface area contributed by atoms with Crippen molar-refractivity contribution in [3.8, 4) is 28.7 Å². The number of carboxylic acid groups (broad SMARTS) is 1. The number of rotatable bonds is 11. The first kappa shape index (κ1) is 29.7. The van der Waals surface area contributed by atoms with E-state index in [1.165, 1.54) is 0 Å². The van der Waals surface area contributed by atoms with Crippen LogP contribution in [0.5, 0.6) is 17.2 Å². The lowest BCUT2D eigenvalue weighted by molar-refractivity contribution is -0.145. The second kappa shape index (κ2) is 12.8. The van der Waals surface area contributed by atoms with E-state index in [1.54, 1.807) is 19.2 Å². The van der Waals surface area contributed by atoms with Crippen LogP contribution in [0.15, 0.2) is 126 Å². The summed E-state index contributed by atoms with van der Waals surface area (Å²) < 4.78 is 26.2. The summed E-state index contributed by atoms with van der Waals surface area (Å²) in [6.07, 6.45) is -1.15. The summed E-state index contributed by atoms with van der Waals surface area (Å²) in [6.45, 7) is 2.64. The lowest BCUT2D eigenvalue weighted by atomic mass is 10.1. The van der Waals surface area contributed by atoms with E-state index in [1.807, 2.05) is 110 Å². The monoisotopic (exact) mass is 624 g/mol. The van der Waals surface area contributed by atoms with Gasteiger partial charge in [0, 0.05) is 34.0 Å². The van der Waals surface area contributed by atoms with Gasteiger partial charge in [-0.1, -0.05) is 78.9 Å². The molecule has 0 saturated heterocycles. The van der Waals surface area contributed by atoms with Gasteiger partial charge in [-0.3, -0.25) is 0 Å². The second-order valence-corrected chi connectivity index (χ2v) is 11.2. The second-order valence-electron chi connectivity index (χ2n) is 11.2. The molecule has 0 amide bonds. The highest BCUT2D eigenvalue weighted by Gasteiger charge is 2.24. The Hall–Kier alpha value is -6.02. The molecule has 1 atom stereocenters. The molecule has 5 aromatic carbocycles. The van der Waals surface area contributed by atoms with Crippen LogP contribution in [0.25, 0.3) is 33.3 Å². The largest absolute Gasteiger partial charge is 0.493 e. The topological polar surface area (TPSA) is 96.0 Å². The van der Waals surface area contributed by atoms with E-state index >= 15 is 0 Å². The van der Waals surface area contributed by atoms with E-state index in [9.17, 15) is 9.90 Å². The van der Waals surface area contributed by atoms with Gasteiger partial charge in [-0.2, -0.15) is 0 Å². The molecular formula is C39H32N2O6. The molecule has 0 saturated carbocycles. The van der Waals surface area contributed by atoms with E-state index in [0.29, 0.717) is 41.0 Å². The van der Waals surface area contributed by atoms with Crippen molar-refractivity contribution in [1.82, 2.24) is 9.55 Å². The molecule has 0 aliphatic carbocycles. The highest BCUT2D eigenvalue weighted by atomic mass is 16.5. The van der Waals surface area contributed by atoms with Crippen molar-refractivity contribution >= 4 is 27.8 Å². The summed E-state index contributed by atoms with van der Waals surface area (Å²) in [5, 5.41) is 11.9. The molecule has 0 fully saturated rings. The number of oxazole rings is 1. The van der Waals surface area contributed by atoms with Crippen LogP contribution in [0.2, 0.25) is 0 Å². The molecule has 0 bridgehead atoms. The van der Waals surface area contributed by atoms with Gasteiger partial charge in [0.25, 0.3) is 0 Å². The number of aliphatic carboxylic acids is 1. The Morgan fingerprint density at radius 2 is 1.55 bits per heavy atom. The molecule has 0 aliphatic heterocycles. The summed E-state index contributed by atoms with van der Waals surface area (Å²) in [5.74, 6) is 1.91. The van der Waals surface area contributed by atoms with Crippen molar-refractivity contribution < 1.29 is 28.5 Å². The summed E-state index contributed by atoms with van der Waals surface area (Å²) >= 11 is 0. The number of para-hydroxylation sites is 1. The Bertz CT molecular complexity index is 2190. The molecule has 1 N–H and O–H groups in total. The zero-order valence-corrected chi connectivity index (χ0v) is 25.9. The smallest absolute Gasteiger partial charge is 0.349 e. The van der Waals surface area contributed by atoms with E-state index in [4.69, 9.17) is 18.6 Å². The van der Waals surface area contributed by atoms with Gasteiger partial charge in [-0.25, -0.2) is 9.78 Å². The van der Waals surface area contributed by atoms with Gasteiger partial charge in [0.2, 0.25) is 12.0 Å². The first-order valence-corrected chi connectivity index (χ1v) is 15.3. The highest BCUT2D eigenvalue weighted by molar-refractivity contribution is 6.11. The quantitative estimate of drug-likeness (QED) is 0.154. The maximum absolute atomic E-state index is 12.3. The summed E-state index contributed by atoms with van der Waals surface area (Å²) in [6, 6.07) is 38.5. The number of fused-ring (bicyclic) bond motifs is 3. The summed E-state index contributed by atoms with van der Waals surface area (Å²) in [4.78, 5) is 16.9. The van der Waals surface area contributed by atoms with E-state index in [-0.39, 0.29) is 6.61 Å². The number of hydrogen-bond acceptors (Lipinski definition) is 6. The van der Waals surface area contributed by atoms with Gasteiger partial charge >= 0.3 is 5.97 Å². The number of aromatic nitrogens is 2. The molecule has 0 aliphatic rings. The molecule has 8 nitrogen and oxygen atoms in total. The van der Waals surface area contributed by atoms with Crippen LogP contribution in [0.3, 0.4) is 0 Å². The Labute approximate surface area is 271 Å². The molecule has 0 unspecified atom stereocenters. The fourth-order valence-corrected chi connectivity index (χ4v) is 5.87. The Kier molecular flexibility index (Phi) is 8.06. The number of methoxy groups -OCH3 is 1. The van der Waals surface area contributed by atoms with Crippen molar-refractivity contribution in [2.45, 2.75) is 26.2 Å². The molecule has 234 valence electrons. The van der Waals surface area contributed by atoms with Gasteiger partial charge in [0.05, 0.1) is 12.6 Å². The SMILES string of the molecule is COc1cc(Cn2c3ccccc3c3c(O[C@@H](C(=O)O)c4ccccc4)cccc32)ccc1OCc1nc(-c2ccccc2)oc1C. The average molecular weight is 625 g/mol. The normalized spacial score (nSPS) is 11.9. The number of ether oxygens (including phenoxy) is 3. The highest BCUT2D eigenvalue weighted by Crippen LogP contribution is 2.39. The van der Waals surface area contributed by atoms with Gasteiger partial charge in [0.1, 0.15) is 23.8 Å². The molecule has 2 aromatic heterocycles. The summed E-state index contributed by atoms with van der Waals surface area (Å²) in [7, 11) is 1.62. The van der Waals surface area contributed by atoms with Gasteiger partial charge in [-0.05, 0) is 55.0 Å². The van der Waals surface area contributed by atoms with Crippen LogP contribution in [-0.2, 0) is 17.9 Å². The fourth-order valence-electron chi connectivity index (χ4n) is 5.87. The van der Waals surface area contributed by atoms with Crippen molar-refractivity contribution in [3.05, 3.63) is 144 Å². The standard InChI is InChI=1S/C39H32N2O6/c1-25-30(40-38(46-25)28-14-7-4-8-15-28)24-45-33-21-20-26(22-35(33)44-2)23-41-31-17-10-9-16-29(31)36-32(41)18-11-19-34(36)47-37(39(42)43)27-12-5-3-6-13-27/h3-22,37H,23-24H2,1-2H3,(H,42,43)/t37-/m1/s1. The number of aryl methyl sites for hydroxylation is 1. The van der Waals surface area contributed by atoms with E-state index in [2.05, 4.69) is 15.6 Å². The van der Waals surface area contributed by atoms with Crippen LogP contribution in [0, 0.1) is 6.92 Å². The van der Waals surface area contributed by atoms with Crippen molar-refractivity contribution in [2.75, 3.05) is 7.11 Å². The van der Waals surface area contributed by atoms with Crippen LogP contribution < -0.4 is 14.2 Å². The van der Waals surface area contributed by atoms with Gasteiger partial charge < -0.3 is 28.3 Å². The Balaban J connectivity index is 1.18. The van der Waals surface area contributed by atoms with Crippen LogP contribution >= 0.6 is 0 Å². The molecule has 8 heteroatoms. The third-order valence-electron chi connectivity index (χ3n) is 8.18. The number of nitrogens with zero attached hydrogens (tertiary/aromatic N) is 2. The van der Waals surface area contributed by atoms with Gasteiger partial charge in [-0.15, -0.1) is 0 Å². The van der Waals surface area contributed by atoms with Gasteiger partial charge in [0.15, 0.2) is 11.5 Å². The van der Waals surface area contributed by atoms with Crippen molar-refractivity contribution in [3.63, 3.8) is 0 Å². The Morgan fingerprint density at radius 3 is 2.32 bits per heavy atom. The predicted molar refractivity (Wildman–Crippen MR) is 180 cm³/mol. The maximum Gasteiger partial charge on any atom is 0.349 e. The maximum atomic E-state index is 12.3. The number of benzene rings is 5. The minimum atomic E-state index is -1.15. The van der Waals surface area contributed by atoms with E-state index in [0.717, 1.165) is 38.6 Å².